The van der Waals surface area contributed by atoms with Crippen molar-refractivity contribution in [1.82, 2.24) is 5.32 Å². The van der Waals surface area contributed by atoms with Crippen molar-refractivity contribution in [3.8, 4) is 11.5 Å². The number of carbonyl (C=O) groups excluding carboxylic acids is 2. The van der Waals surface area contributed by atoms with Crippen molar-refractivity contribution in [2.24, 2.45) is 0 Å². The highest BCUT2D eigenvalue weighted by Crippen LogP contribution is 2.21. The van der Waals surface area contributed by atoms with Crippen LogP contribution < -0.4 is 20.4 Å². The number of hydrogen-bond donors (Lipinski definition) is 1. The third kappa shape index (κ3) is 6.05. The van der Waals surface area contributed by atoms with Crippen molar-refractivity contribution in [3.05, 3.63) is 76.2 Å². The number of ether oxygens (including phenoxy) is 3. The summed E-state index contributed by atoms with van der Waals surface area (Å²) in [6, 6.07) is 13.2. The molecule has 8 nitrogen and oxygen atoms in total. The maximum Gasteiger partial charge on any atom is 0.349 e. The minimum absolute atomic E-state index is 0.0953. The highest BCUT2D eigenvalue weighted by atomic mass is 16.5. The van der Waals surface area contributed by atoms with Crippen LogP contribution in [-0.4, -0.2) is 39.2 Å². The van der Waals surface area contributed by atoms with E-state index < -0.39 is 17.5 Å². The molecule has 0 saturated carbocycles. The lowest BCUT2D eigenvalue weighted by molar-refractivity contribution is -0.128. The molecule has 0 saturated heterocycles. The van der Waals surface area contributed by atoms with Crippen LogP contribution in [0.25, 0.3) is 17.0 Å². The molecule has 3 rings (SSSR count). The van der Waals surface area contributed by atoms with Crippen LogP contribution in [0.4, 0.5) is 0 Å². The Bertz CT molecular complexity index is 1180. The van der Waals surface area contributed by atoms with Crippen LogP contribution >= 0.6 is 0 Å². The standard InChI is InChI=1S/C24H23NO7/c1-29-13-3-12-25-23(27)20-14-17-7-10-19(15-21(17)32-24(20)28)31-22(26)11-6-16-4-8-18(30-2)9-5-16/h4-11,14-15H,3,12-13H2,1-2H3,(H,25,27)/b11-6+. The Kier molecular flexibility index (Phi) is 7.77. The fourth-order valence-electron chi connectivity index (χ4n) is 2.86. The van der Waals surface area contributed by atoms with Gasteiger partial charge in [-0.15, -0.1) is 0 Å². The van der Waals surface area contributed by atoms with Crippen LogP contribution in [-0.2, 0) is 9.53 Å². The molecule has 0 bridgehead atoms. The van der Waals surface area contributed by atoms with Crippen molar-refractivity contribution in [3.63, 3.8) is 0 Å². The number of hydrogen-bond acceptors (Lipinski definition) is 7. The molecule has 2 aromatic carbocycles. The van der Waals surface area contributed by atoms with E-state index in [0.717, 1.165) is 5.56 Å². The van der Waals surface area contributed by atoms with Gasteiger partial charge in [-0.3, -0.25) is 4.79 Å². The summed E-state index contributed by atoms with van der Waals surface area (Å²) in [6.45, 7) is 0.881. The van der Waals surface area contributed by atoms with Gasteiger partial charge >= 0.3 is 11.6 Å². The molecule has 0 aliphatic heterocycles. The number of fused-ring (bicyclic) bond motifs is 1. The molecular formula is C24H23NO7. The van der Waals surface area contributed by atoms with E-state index in [0.29, 0.717) is 30.7 Å². The maximum absolute atomic E-state index is 12.2. The Balaban J connectivity index is 1.68. The highest BCUT2D eigenvalue weighted by Gasteiger charge is 2.14. The fraction of sp³-hybridized carbons (Fsp3) is 0.208. The summed E-state index contributed by atoms with van der Waals surface area (Å²) >= 11 is 0. The molecule has 1 N–H and O–H groups in total. The zero-order valence-electron chi connectivity index (χ0n) is 17.8. The first-order chi connectivity index (χ1) is 15.5. The van der Waals surface area contributed by atoms with Crippen LogP contribution in [0, 0.1) is 0 Å². The molecular weight excluding hydrogens is 414 g/mol. The Morgan fingerprint density at radius 3 is 2.50 bits per heavy atom. The van der Waals surface area contributed by atoms with Crippen LogP contribution in [0.15, 0.2) is 63.8 Å². The second-order valence-electron chi connectivity index (χ2n) is 6.78. The third-order valence-electron chi connectivity index (χ3n) is 4.51. The molecule has 3 aromatic rings. The average molecular weight is 437 g/mol. The van der Waals surface area contributed by atoms with Crippen molar-refractivity contribution >= 4 is 28.9 Å². The molecule has 1 heterocycles. The molecule has 8 heteroatoms. The summed E-state index contributed by atoms with van der Waals surface area (Å²) in [5.74, 6) is -0.179. The molecule has 1 aromatic heterocycles. The van der Waals surface area contributed by atoms with Gasteiger partial charge < -0.3 is 23.9 Å². The number of methoxy groups -OCH3 is 2. The second kappa shape index (κ2) is 10.9. The minimum atomic E-state index is -0.774. The summed E-state index contributed by atoms with van der Waals surface area (Å²) in [5, 5.41) is 3.18. The largest absolute Gasteiger partial charge is 0.497 e. The number of carbonyl (C=O) groups is 2. The quantitative estimate of drug-likeness (QED) is 0.180. The Morgan fingerprint density at radius 1 is 1.03 bits per heavy atom. The van der Waals surface area contributed by atoms with Crippen LogP contribution in [0.1, 0.15) is 22.3 Å². The summed E-state index contributed by atoms with van der Waals surface area (Å²) in [5.41, 5.74) is 0.141. The Hall–Kier alpha value is -3.91. The second-order valence-corrected chi connectivity index (χ2v) is 6.78. The van der Waals surface area contributed by atoms with Gasteiger partial charge in [-0.2, -0.15) is 0 Å². The number of benzene rings is 2. The van der Waals surface area contributed by atoms with E-state index in [1.165, 1.54) is 18.2 Å². The lowest BCUT2D eigenvalue weighted by atomic mass is 10.1. The van der Waals surface area contributed by atoms with E-state index in [2.05, 4.69) is 5.32 Å². The zero-order chi connectivity index (χ0) is 22.9. The van der Waals surface area contributed by atoms with Gasteiger partial charge in [0, 0.05) is 37.8 Å². The molecule has 0 unspecified atom stereocenters. The van der Waals surface area contributed by atoms with E-state index in [1.54, 1.807) is 56.7 Å². The molecule has 1 amide bonds. The molecule has 0 fully saturated rings. The van der Waals surface area contributed by atoms with Gasteiger partial charge in [0.1, 0.15) is 22.6 Å². The van der Waals surface area contributed by atoms with Gasteiger partial charge in [0.05, 0.1) is 7.11 Å². The van der Waals surface area contributed by atoms with Gasteiger partial charge in [0.15, 0.2) is 0 Å². The van der Waals surface area contributed by atoms with E-state index in [9.17, 15) is 14.4 Å². The number of rotatable bonds is 9. The predicted octanol–water partition coefficient (Wildman–Crippen LogP) is 3.19. The topological polar surface area (TPSA) is 104 Å². The maximum atomic E-state index is 12.2. The van der Waals surface area contributed by atoms with Crippen molar-refractivity contribution in [2.75, 3.05) is 27.4 Å². The van der Waals surface area contributed by atoms with Crippen molar-refractivity contribution in [2.45, 2.75) is 6.42 Å². The minimum Gasteiger partial charge on any atom is -0.497 e. The summed E-state index contributed by atoms with van der Waals surface area (Å²) in [7, 11) is 3.15. The first kappa shape index (κ1) is 22.8. The van der Waals surface area contributed by atoms with Gasteiger partial charge in [0.2, 0.25) is 0 Å². The number of amides is 1. The molecule has 0 radical (unpaired) electrons. The highest BCUT2D eigenvalue weighted by molar-refractivity contribution is 5.97. The molecule has 0 aliphatic rings. The first-order valence-electron chi connectivity index (χ1n) is 9.89. The predicted molar refractivity (Wildman–Crippen MR) is 119 cm³/mol. The lowest BCUT2D eigenvalue weighted by Gasteiger charge is -2.06. The van der Waals surface area contributed by atoms with Gasteiger partial charge in [-0.1, -0.05) is 12.1 Å². The molecule has 0 spiro atoms. The zero-order valence-corrected chi connectivity index (χ0v) is 17.8. The molecule has 0 aliphatic carbocycles. The van der Waals surface area contributed by atoms with E-state index >= 15 is 0 Å². The van der Waals surface area contributed by atoms with Crippen molar-refractivity contribution in [1.29, 1.82) is 0 Å². The summed E-state index contributed by atoms with van der Waals surface area (Å²) in [4.78, 5) is 36.6. The molecule has 0 atom stereocenters. The number of esters is 1. The first-order valence-corrected chi connectivity index (χ1v) is 9.89. The van der Waals surface area contributed by atoms with E-state index in [-0.39, 0.29) is 16.9 Å². The third-order valence-corrected chi connectivity index (χ3v) is 4.51. The summed E-state index contributed by atoms with van der Waals surface area (Å²) in [6.07, 6.45) is 3.53. The lowest BCUT2D eigenvalue weighted by Crippen LogP contribution is -2.29. The van der Waals surface area contributed by atoms with E-state index in [4.69, 9.17) is 18.6 Å². The smallest absolute Gasteiger partial charge is 0.349 e. The molecule has 32 heavy (non-hydrogen) atoms. The molecule has 166 valence electrons. The van der Waals surface area contributed by atoms with Crippen LogP contribution in [0.2, 0.25) is 0 Å². The normalized spacial score (nSPS) is 10.9. The monoisotopic (exact) mass is 437 g/mol. The van der Waals surface area contributed by atoms with Crippen LogP contribution in [0.3, 0.4) is 0 Å². The number of nitrogens with one attached hydrogen (secondary N) is 1. The Labute approximate surface area is 184 Å². The van der Waals surface area contributed by atoms with Crippen LogP contribution in [0.5, 0.6) is 11.5 Å². The summed E-state index contributed by atoms with van der Waals surface area (Å²) < 4.78 is 20.5. The average Bonchev–Trinajstić information content (AvgIpc) is 2.80. The fourth-order valence-corrected chi connectivity index (χ4v) is 2.86. The SMILES string of the molecule is COCCCNC(=O)c1cc2ccc(OC(=O)/C=C/c3ccc(OC)cc3)cc2oc1=O. The van der Waals surface area contributed by atoms with E-state index in [1.807, 2.05) is 0 Å². The van der Waals surface area contributed by atoms with Gasteiger partial charge in [0.25, 0.3) is 5.91 Å². The van der Waals surface area contributed by atoms with Gasteiger partial charge in [-0.05, 0) is 48.4 Å². The van der Waals surface area contributed by atoms with Gasteiger partial charge in [-0.25, -0.2) is 9.59 Å². The Morgan fingerprint density at radius 2 is 1.78 bits per heavy atom. The van der Waals surface area contributed by atoms with Crippen molar-refractivity contribution < 1.29 is 28.2 Å².